The molecule has 1 heterocycles. The zero-order valence-corrected chi connectivity index (χ0v) is 9.83. The van der Waals surface area contributed by atoms with Crippen LogP contribution in [0.15, 0.2) is 12.4 Å². The SMILES string of the molecule is CC1N(C)C=CN1C[Si](C)(C)C. The van der Waals surface area contributed by atoms with E-state index in [1.54, 1.807) is 0 Å². The molecule has 1 rings (SSSR count). The summed E-state index contributed by atoms with van der Waals surface area (Å²) in [7, 11) is 1.18. The Bertz CT molecular complexity index is 183. The molecule has 3 heteroatoms. The molecule has 0 saturated heterocycles. The van der Waals surface area contributed by atoms with Crippen LogP contribution >= 0.6 is 0 Å². The third-order valence-electron chi connectivity index (χ3n) is 2.22. The second-order valence-corrected chi connectivity index (χ2v) is 10.3. The van der Waals surface area contributed by atoms with Crippen LogP contribution in [0.3, 0.4) is 0 Å². The molecule has 0 radical (unpaired) electrons. The summed E-state index contributed by atoms with van der Waals surface area (Å²) in [6.07, 6.45) is 6.18. The van der Waals surface area contributed by atoms with Crippen molar-refractivity contribution >= 4 is 8.07 Å². The van der Waals surface area contributed by atoms with Gasteiger partial charge in [0.15, 0.2) is 0 Å². The molecule has 0 aliphatic carbocycles. The van der Waals surface area contributed by atoms with Crippen LogP contribution in [0.5, 0.6) is 0 Å². The summed E-state index contributed by atoms with van der Waals surface area (Å²) in [6.45, 7) is 9.48. The first kappa shape index (κ1) is 9.64. The molecule has 0 saturated carbocycles. The average Bonchev–Trinajstić information content (AvgIpc) is 2.16. The summed E-state index contributed by atoms with van der Waals surface area (Å²) in [5.41, 5.74) is 0. The number of hydrogen-bond donors (Lipinski definition) is 0. The highest BCUT2D eigenvalue weighted by atomic mass is 28.3. The summed E-state index contributed by atoms with van der Waals surface area (Å²) in [5.74, 6) is 0. The van der Waals surface area contributed by atoms with E-state index >= 15 is 0 Å². The topological polar surface area (TPSA) is 6.48 Å². The van der Waals surface area contributed by atoms with Gasteiger partial charge in [0.25, 0.3) is 0 Å². The van der Waals surface area contributed by atoms with Crippen molar-refractivity contribution in [3.63, 3.8) is 0 Å². The van der Waals surface area contributed by atoms with Gasteiger partial charge in [0, 0.05) is 25.6 Å². The molecule has 1 atom stereocenters. The van der Waals surface area contributed by atoms with Crippen molar-refractivity contribution in [1.29, 1.82) is 0 Å². The lowest BCUT2D eigenvalue weighted by atomic mass is 10.5. The molecule has 2 nitrogen and oxygen atoms in total. The zero-order valence-electron chi connectivity index (χ0n) is 8.83. The molecule has 1 unspecified atom stereocenters. The van der Waals surface area contributed by atoms with Crippen molar-refractivity contribution in [2.24, 2.45) is 0 Å². The zero-order chi connectivity index (χ0) is 9.35. The molecule has 0 aromatic heterocycles. The third-order valence-corrected chi connectivity index (χ3v) is 3.53. The van der Waals surface area contributed by atoms with Crippen molar-refractivity contribution in [3.05, 3.63) is 12.4 Å². The lowest BCUT2D eigenvalue weighted by Gasteiger charge is -2.31. The third kappa shape index (κ3) is 2.27. The smallest absolute Gasteiger partial charge is 0.0971 e. The van der Waals surface area contributed by atoms with E-state index < -0.39 is 8.07 Å². The molecule has 1 aliphatic rings. The molecule has 70 valence electrons. The second kappa shape index (κ2) is 3.13. The fourth-order valence-electron chi connectivity index (χ4n) is 1.41. The first-order valence-corrected chi connectivity index (χ1v) is 8.27. The quantitative estimate of drug-likeness (QED) is 0.605. The first-order valence-electron chi connectivity index (χ1n) is 4.56. The molecule has 0 aromatic carbocycles. The van der Waals surface area contributed by atoms with E-state index in [-0.39, 0.29) is 0 Å². The molecular weight excluding hydrogens is 164 g/mol. The molecule has 12 heavy (non-hydrogen) atoms. The van der Waals surface area contributed by atoms with Crippen LogP contribution in [0.2, 0.25) is 19.6 Å². The summed E-state index contributed by atoms with van der Waals surface area (Å²) < 4.78 is 0. The van der Waals surface area contributed by atoms with Crippen LogP contribution in [-0.2, 0) is 0 Å². The minimum atomic E-state index is -0.946. The Kier molecular flexibility index (Phi) is 2.51. The predicted molar refractivity (Wildman–Crippen MR) is 56.4 cm³/mol. The van der Waals surface area contributed by atoms with E-state index in [9.17, 15) is 0 Å². The number of rotatable bonds is 2. The normalized spacial score (nSPS) is 23.9. The van der Waals surface area contributed by atoms with Gasteiger partial charge in [0.2, 0.25) is 0 Å². The molecule has 0 amide bonds. The van der Waals surface area contributed by atoms with Crippen molar-refractivity contribution < 1.29 is 0 Å². The number of nitrogens with zero attached hydrogens (tertiary/aromatic N) is 2. The molecule has 0 aromatic rings. The summed E-state index contributed by atoms with van der Waals surface area (Å²) in [6, 6.07) is 0. The van der Waals surface area contributed by atoms with Crippen LogP contribution in [0.1, 0.15) is 6.92 Å². The van der Waals surface area contributed by atoms with Crippen molar-refractivity contribution in [3.8, 4) is 0 Å². The molecule has 0 spiro atoms. The van der Waals surface area contributed by atoms with Crippen molar-refractivity contribution in [2.75, 3.05) is 13.2 Å². The van der Waals surface area contributed by atoms with E-state index in [0.29, 0.717) is 6.17 Å². The molecule has 0 bridgehead atoms. The maximum absolute atomic E-state index is 2.44. The predicted octanol–water partition coefficient (Wildman–Crippen LogP) is 1.93. The van der Waals surface area contributed by atoms with Gasteiger partial charge in [-0.3, -0.25) is 0 Å². The van der Waals surface area contributed by atoms with Gasteiger partial charge < -0.3 is 9.80 Å². The summed E-state index contributed by atoms with van der Waals surface area (Å²) in [5, 5.41) is 0. The first-order chi connectivity index (χ1) is 5.40. The van der Waals surface area contributed by atoms with Crippen LogP contribution in [0.4, 0.5) is 0 Å². The largest absolute Gasteiger partial charge is 0.359 e. The summed E-state index contributed by atoms with van der Waals surface area (Å²) in [4.78, 5) is 4.69. The highest BCUT2D eigenvalue weighted by molar-refractivity contribution is 6.76. The Morgan fingerprint density at radius 1 is 1.25 bits per heavy atom. The van der Waals surface area contributed by atoms with Gasteiger partial charge in [-0.15, -0.1) is 0 Å². The minimum Gasteiger partial charge on any atom is -0.359 e. The molecular formula is C9H20N2Si. The van der Waals surface area contributed by atoms with Gasteiger partial charge in [-0.2, -0.15) is 0 Å². The lowest BCUT2D eigenvalue weighted by molar-refractivity contribution is 0.215. The van der Waals surface area contributed by atoms with Gasteiger partial charge in [-0.1, -0.05) is 19.6 Å². The van der Waals surface area contributed by atoms with Crippen LogP contribution in [0, 0.1) is 0 Å². The van der Waals surface area contributed by atoms with Gasteiger partial charge >= 0.3 is 0 Å². The Morgan fingerprint density at radius 3 is 2.17 bits per heavy atom. The fourth-order valence-corrected chi connectivity index (χ4v) is 2.87. The second-order valence-electron chi connectivity index (χ2n) is 4.83. The van der Waals surface area contributed by atoms with Gasteiger partial charge in [-0.25, -0.2) is 0 Å². The highest BCUT2D eigenvalue weighted by Gasteiger charge is 2.24. The molecule has 0 N–H and O–H groups in total. The highest BCUT2D eigenvalue weighted by Crippen LogP contribution is 2.15. The summed E-state index contributed by atoms with van der Waals surface area (Å²) >= 11 is 0. The fraction of sp³-hybridized carbons (Fsp3) is 0.778. The van der Waals surface area contributed by atoms with E-state index in [4.69, 9.17) is 0 Å². The Morgan fingerprint density at radius 2 is 1.83 bits per heavy atom. The minimum absolute atomic E-state index is 0.553. The standard InChI is InChI=1S/C9H20N2Si/c1-9-10(2)6-7-11(9)8-12(3,4)5/h6-7,9H,8H2,1-5H3. The average molecular weight is 184 g/mol. The maximum Gasteiger partial charge on any atom is 0.0971 e. The molecule has 0 fully saturated rings. The van der Waals surface area contributed by atoms with Gasteiger partial charge in [-0.05, 0) is 6.92 Å². The van der Waals surface area contributed by atoms with E-state index in [1.807, 2.05) is 0 Å². The van der Waals surface area contributed by atoms with Crippen molar-refractivity contribution in [1.82, 2.24) is 9.80 Å². The van der Waals surface area contributed by atoms with Crippen molar-refractivity contribution in [2.45, 2.75) is 32.7 Å². The number of hydrogen-bond acceptors (Lipinski definition) is 2. The Balaban J connectivity index is 2.51. The van der Waals surface area contributed by atoms with E-state index in [0.717, 1.165) is 0 Å². The van der Waals surface area contributed by atoms with Gasteiger partial charge in [0.1, 0.15) is 0 Å². The Labute approximate surface area is 76.9 Å². The Hall–Kier alpha value is -0.443. The van der Waals surface area contributed by atoms with Crippen LogP contribution in [0.25, 0.3) is 0 Å². The molecule has 1 aliphatic heterocycles. The van der Waals surface area contributed by atoms with Crippen LogP contribution < -0.4 is 0 Å². The maximum atomic E-state index is 2.44. The monoisotopic (exact) mass is 184 g/mol. The van der Waals surface area contributed by atoms with E-state index in [2.05, 4.69) is 55.8 Å². The lowest BCUT2D eigenvalue weighted by Crippen LogP contribution is -2.43. The van der Waals surface area contributed by atoms with E-state index in [1.165, 1.54) is 6.17 Å². The van der Waals surface area contributed by atoms with Crippen LogP contribution in [-0.4, -0.2) is 37.3 Å². The van der Waals surface area contributed by atoms with Gasteiger partial charge in [0.05, 0.1) is 14.2 Å².